The van der Waals surface area contributed by atoms with Gasteiger partial charge in [-0.3, -0.25) is 9.59 Å². The van der Waals surface area contributed by atoms with Crippen LogP contribution in [0.2, 0.25) is 5.02 Å². The molecule has 4 nitrogen and oxygen atoms in total. The average molecular weight is 477 g/mol. The summed E-state index contributed by atoms with van der Waals surface area (Å²) in [6, 6.07) is 24.5. The van der Waals surface area contributed by atoms with E-state index in [-0.39, 0.29) is 18.2 Å². The van der Waals surface area contributed by atoms with Crippen LogP contribution in [0.25, 0.3) is 0 Å². The Morgan fingerprint density at radius 2 is 1.50 bits per heavy atom. The van der Waals surface area contributed by atoms with Gasteiger partial charge >= 0.3 is 0 Å². The highest BCUT2D eigenvalue weighted by Crippen LogP contribution is 2.19. The van der Waals surface area contributed by atoms with Crippen molar-refractivity contribution in [2.45, 2.75) is 58.7 Å². The molecular weight excluding hydrogens is 444 g/mol. The van der Waals surface area contributed by atoms with Gasteiger partial charge in [0.1, 0.15) is 6.04 Å². The molecule has 3 aromatic carbocycles. The van der Waals surface area contributed by atoms with Crippen molar-refractivity contribution in [3.05, 3.63) is 106 Å². The van der Waals surface area contributed by atoms with Crippen LogP contribution in [-0.4, -0.2) is 28.3 Å². The lowest BCUT2D eigenvalue weighted by Crippen LogP contribution is -2.54. The van der Waals surface area contributed by atoms with E-state index in [1.54, 1.807) is 4.90 Å². The largest absolute Gasteiger partial charge is 0.350 e. The molecule has 0 aliphatic rings. The van der Waals surface area contributed by atoms with E-state index >= 15 is 0 Å². The minimum Gasteiger partial charge on any atom is -0.350 e. The van der Waals surface area contributed by atoms with Crippen molar-refractivity contribution in [2.24, 2.45) is 0 Å². The van der Waals surface area contributed by atoms with E-state index in [1.165, 1.54) is 0 Å². The first-order valence-corrected chi connectivity index (χ1v) is 11.9. The Kier molecular flexibility index (Phi) is 8.51. The number of nitrogens with one attached hydrogen (secondary N) is 1. The highest BCUT2D eigenvalue weighted by atomic mass is 35.5. The fourth-order valence-electron chi connectivity index (χ4n) is 3.87. The Labute approximate surface area is 207 Å². The Morgan fingerprint density at radius 1 is 0.882 bits per heavy atom. The molecule has 0 saturated carbocycles. The van der Waals surface area contributed by atoms with Crippen molar-refractivity contribution in [3.8, 4) is 0 Å². The summed E-state index contributed by atoms with van der Waals surface area (Å²) in [7, 11) is 0. The first kappa shape index (κ1) is 25.5. The molecule has 1 atom stereocenters. The molecule has 178 valence electrons. The molecule has 3 rings (SSSR count). The van der Waals surface area contributed by atoms with Gasteiger partial charge in [0.2, 0.25) is 11.8 Å². The number of amides is 2. The molecule has 0 unspecified atom stereocenters. The molecule has 0 aromatic heterocycles. The quantitative estimate of drug-likeness (QED) is 0.450. The second kappa shape index (κ2) is 11.3. The second-order valence-electron chi connectivity index (χ2n) is 9.70. The summed E-state index contributed by atoms with van der Waals surface area (Å²) < 4.78 is 0. The van der Waals surface area contributed by atoms with Gasteiger partial charge in [0.15, 0.2) is 0 Å². The molecule has 0 aliphatic carbocycles. The Balaban J connectivity index is 1.99. The van der Waals surface area contributed by atoms with E-state index in [2.05, 4.69) is 5.32 Å². The van der Waals surface area contributed by atoms with Gasteiger partial charge in [-0.1, -0.05) is 78.3 Å². The number of hydrogen-bond acceptors (Lipinski definition) is 2. The molecule has 0 bridgehead atoms. The predicted molar refractivity (Wildman–Crippen MR) is 139 cm³/mol. The lowest BCUT2D eigenvalue weighted by atomic mass is 9.99. The molecular formula is C29H33ClN2O2. The molecule has 0 spiro atoms. The van der Waals surface area contributed by atoms with Crippen molar-refractivity contribution in [1.82, 2.24) is 10.2 Å². The lowest BCUT2D eigenvalue weighted by molar-refractivity contribution is -0.141. The number of carbonyl (C=O) groups is 2. The Morgan fingerprint density at radius 3 is 2.12 bits per heavy atom. The second-order valence-corrected chi connectivity index (χ2v) is 10.1. The Hall–Kier alpha value is -3.11. The van der Waals surface area contributed by atoms with Crippen molar-refractivity contribution in [2.75, 3.05) is 0 Å². The third kappa shape index (κ3) is 7.46. The van der Waals surface area contributed by atoms with Crippen LogP contribution in [-0.2, 0) is 29.0 Å². The van der Waals surface area contributed by atoms with Crippen LogP contribution in [0.15, 0.2) is 78.9 Å². The van der Waals surface area contributed by atoms with Crippen molar-refractivity contribution in [1.29, 1.82) is 0 Å². The molecule has 0 saturated heterocycles. The zero-order valence-electron chi connectivity index (χ0n) is 20.3. The highest BCUT2D eigenvalue weighted by Gasteiger charge is 2.32. The molecule has 3 aromatic rings. The van der Waals surface area contributed by atoms with Crippen molar-refractivity contribution >= 4 is 23.4 Å². The van der Waals surface area contributed by atoms with Crippen LogP contribution in [0.5, 0.6) is 0 Å². The summed E-state index contributed by atoms with van der Waals surface area (Å²) in [5.74, 6) is -0.252. The summed E-state index contributed by atoms with van der Waals surface area (Å²) in [6.07, 6.45) is 0.657. The van der Waals surface area contributed by atoms with Crippen LogP contribution in [0.4, 0.5) is 0 Å². The monoisotopic (exact) mass is 476 g/mol. The molecule has 1 N–H and O–H groups in total. The summed E-state index contributed by atoms with van der Waals surface area (Å²) in [4.78, 5) is 29.0. The van der Waals surface area contributed by atoms with E-state index in [9.17, 15) is 9.59 Å². The van der Waals surface area contributed by atoms with Gasteiger partial charge in [-0.2, -0.15) is 0 Å². The zero-order chi connectivity index (χ0) is 24.7. The standard InChI is InChI=1S/C29H33ClN2O2/c1-21-10-8-9-13-24(21)19-27(33)32(20-23-14-16-25(30)17-15-23)26(28(34)31-29(2,3)4)18-22-11-6-5-7-12-22/h5-17,26H,18-20H2,1-4H3,(H,31,34)/t26-/m1/s1. The number of halogens is 1. The van der Waals surface area contributed by atoms with Gasteiger partial charge in [-0.25, -0.2) is 0 Å². The summed E-state index contributed by atoms with van der Waals surface area (Å²) >= 11 is 6.08. The lowest BCUT2D eigenvalue weighted by Gasteiger charge is -2.34. The normalized spacial score (nSPS) is 12.1. The van der Waals surface area contributed by atoms with Crippen molar-refractivity contribution < 1.29 is 9.59 Å². The highest BCUT2D eigenvalue weighted by molar-refractivity contribution is 6.30. The van der Waals surface area contributed by atoms with E-state index < -0.39 is 11.6 Å². The van der Waals surface area contributed by atoms with Crippen LogP contribution in [0.1, 0.15) is 43.0 Å². The number of rotatable bonds is 8. The molecule has 0 radical (unpaired) electrons. The molecule has 34 heavy (non-hydrogen) atoms. The predicted octanol–water partition coefficient (Wildman–Crippen LogP) is 5.75. The third-order valence-electron chi connectivity index (χ3n) is 5.64. The summed E-state index contributed by atoms with van der Waals surface area (Å²) in [5.41, 5.74) is 3.52. The van der Waals surface area contributed by atoms with Gasteiger partial charge in [0.25, 0.3) is 0 Å². The smallest absolute Gasteiger partial charge is 0.243 e. The average Bonchev–Trinajstić information content (AvgIpc) is 2.78. The molecule has 0 heterocycles. The van der Waals surface area contributed by atoms with Gasteiger partial charge in [0.05, 0.1) is 6.42 Å². The molecule has 0 fully saturated rings. The first-order chi connectivity index (χ1) is 16.1. The van der Waals surface area contributed by atoms with E-state index in [0.29, 0.717) is 18.0 Å². The maximum Gasteiger partial charge on any atom is 0.243 e. The molecule has 2 amide bonds. The van der Waals surface area contributed by atoms with Crippen LogP contribution < -0.4 is 5.32 Å². The SMILES string of the molecule is Cc1ccccc1CC(=O)N(Cc1ccc(Cl)cc1)[C@H](Cc1ccccc1)C(=O)NC(C)(C)C. The third-order valence-corrected chi connectivity index (χ3v) is 5.89. The number of aryl methyl sites for hydroxylation is 1. The van der Waals surface area contributed by atoms with Crippen LogP contribution >= 0.6 is 11.6 Å². The van der Waals surface area contributed by atoms with Gasteiger partial charge in [-0.05, 0) is 62.1 Å². The number of hydrogen-bond donors (Lipinski definition) is 1. The minimum atomic E-state index is -0.658. The number of benzene rings is 3. The van der Waals surface area contributed by atoms with Crippen LogP contribution in [0, 0.1) is 6.92 Å². The Bertz CT molecular complexity index is 1100. The van der Waals surface area contributed by atoms with Gasteiger partial charge in [0, 0.05) is 23.5 Å². The molecule has 5 heteroatoms. The van der Waals surface area contributed by atoms with E-state index in [4.69, 9.17) is 11.6 Å². The summed E-state index contributed by atoms with van der Waals surface area (Å²) in [6.45, 7) is 8.16. The number of nitrogens with zero attached hydrogens (tertiary/aromatic N) is 1. The topological polar surface area (TPSA) is 49.4 Å². The maximum absolute atomic E-state index is 13.8. The number of carbonyl (C=O) groups excluding carboxylic acids is 2. The fraction of sp³-hybridized carbons (Fsp3) is 0.310. The van der Waals surface area contributed by atoms with E-state index in [1.807, 2.05) is 107 Å². The maximum atomic E-state index is 13.8. The van der Waals surface area contributed by atoms with Crippen LogP contribution in [0.3, 0.4) is 0 Å². The first-order valence-electron chi connectivity index (χ1n) is 11.6. The zero-order valence-corrected chi connectivity index (χ0v) is 21.1. The minimum absolute atomic E-state index is 0.0887. The summed E-state index contributed by atoms with van der Waals surface area (Å²) in [5, 5.41) is 3.72. The van der Waals surface area contributed by atoms with Gasteiger partial charge < -0.3 is 10.2 Å². The molecule has 0 aliphatic heterocycles. The fourth-order valence-corrected chi connectivity index (χ4v) is 3.99. The van der Waals surface area contributed by atoms with Crippen molar-refractivity contribution in [3.63, 3.8) is 0 Å². The van der Waals surface area contributed by atoms with E-state index in [0.717, 1.165) is 22.3 Å². The van der Waals surface area contributed by atoms with Gasteiger partial charge in [-0.15, -0.1) is 0 Å².